The van der Waals surface area contributed by atoms with E-state index in [1.165, 1.54) is 30.3 Å². The molecule has 21 heavy (non-hydrogen) atoms. The molecule has 0 aliphatic carbocycles. The van der Waals surface area contributed by atoms with Crippen LogP contribution in [0.5, 0.6) is 0 Å². The maximum Gasteiger partial charge on any atom is 0.175 e. The van der Waals surface area contributed by atoms with Gasteiger partial charge in [0.05, 0.1) is 15.6 Å². The fourth-order valence-electron chi connectivity index (χ4n) is 1.74. The van der Waals surface area contributed by atoms with Gasteiger partial charge in [0.15, 0.2) is 9.84 Å². The minimum atomic E-state index is -3.31. The Labute approximate surface area is 136 Å². The van der Waals surface area contributed by atoms with Crippen molar-refractivity contribution in [2.75, 3.05) is 11.6 Å². The molecule has 0 unspecified atom stereocenters. The Morgan fingerprint density at radius 1 is 1.24 bits per heavy atom. The van der Waals surface area contributed by atoms with Gasteiger partial charge >= 0.3 is 0 Å². The molecule has 2 aromatic rings. The van der Waals surface area contributed by atoms with Crippen molar-refractivity contribution in [1.82, 2.24) is 0 Å². The standard InChI is InChI=1S/C14H12BrClFNO2S/c1-21(19,20)11-3-5-13(16)14(7-11)18-8-9-6-10(17)2-4-12(9)15/h2-7,18H,8H2,1H3. The van der Waals surface area contributed by atoms with Gasteiger partial charge in [0.1, 0.15) is 5.82 Å². The summed E-state index contributed by atoms with van der Waals surface area (Å²) in [4.78, 5) is 0.174. The number of hydrogen-bond acceptors (Lipinski definition) is 3. The topological polar surface area (TPSA) is 46.2 Å². The Balaban J connectivity index is 2.26. The van der Waals surface area contributed by atoms with E-state index in [-0.39, 0.29) is 10.7 Å². The lowest BCUT2D eigenvalue weighted by molar-refractivity contribution is 0.602. The van der Waals surface area contributed by atoms with Crippen molar-refractivity contribution in [2.24, 2.45) is 0 Å². The number of rotatable bonds is 4. The second-order valence-corrected chi connectivity index (χ2v) is 7.78. The quantitative estimate of drug-likeness (QED) is 0.846. The van der Waals surface area contributed by atoms with Crippen molar-refractivity contribution in [3.63, 3.8) is 0 Å². The zero-order chi connectivity index (χ0) is 15.6. The van der Waals surface area contributed by atoms with Gasteiger partial charge < -0.3 is 5.32 Å². The van der Waals surface area contributed by atoms with Crippen LogP contribution in [0.2, 0.25) is 5.02 Å². The van der Waals surface area contributed by atoms with Crippen LogP contribution in [0.4, 0.5) is 10.1 Å². The monoisotopic (exact) mass is 391 g/mol. The van der Waals surface area contributed by atoms with Gasteiger partial charge in [-0.3, -0.25) is 0 Å². The van der Waals surface area contributed by atoms with Crippen LogP contribution in [0.25, 0.3) is 0 Å². The first-order valence-corrected chi connectivity index (χ1v) is 9.01. The molecule has 0 heterocycles. The molecule has 112 valence electrons. The Morgan fingerprint density at radius 2 is 1.95 bits per heavy atom. The molecular formula is C14H12BrClFNO2S. The molecule has 3 nitrogen and oxygen atoms in total. The Bertz CT molecular complexity index is 781. The van der Waals surface area contributed by atoms with E-state index in [1.54, 1.807) is 6.07 Å². The summed E-state index contributed by atoms with van der Waals surface area (Å²) in [5, 5.41) is 3.41. The summed E-state index contributed by atoms with van der Waals surface area (Å²) >= 11 is 9.37. The first-order valence-electron chi connectivity index (χ1n) is 5.95. The van der Waals surface area contributed by atoms with Crippen LogP contribution < -0.4 is 5.32 Å². The Kier molecular flexibility index (Phi) is 4.91. The normalized spacial score (nSPS) is 11.4. The summed E-state index contributed by atoms with van der Waals surface area (Å²) in [5.41, 5.74) is 1.19. The molecule has 0 atom stereocenters. The number of halogens is 3. The zero-order valence-corrected chi connectivity index (χ0v) is 14.2. The fraction of sp³-hybridized carbons (Fsp3) is 0.143. The summed E-state index contributed by atoms with van der Waals surface area (Å²) in [6, 6.07) is 8.78. The van der Waals surface area contributed by atoms with Gasteiger partial charge in [-0.1, -0.05) is 27.5 Å². The molecule has 1 N–H and O–H groups in total. The number of hydrogen-bond donors (Lipinski definition) is 1. The summed E-state index contributed by atoms with van der Waals surface area (Å²) in [5.74, 6) is -0.342. The molecule has 0 bridgehead atoms. The minimum Gasteiger partial charge on any atom is -0.380 e. The van der Waals surface area contributed by atoms with Crippen molar-refractivity contribution < 1.29 is 12.8 Å². The van der Waals surface area contributed by atoms with E-state index in [4.69, 9.17) is 11.6 Å². The lowest BCUT2D eigenvalue weighted by Gasteiger charge is -2.11. The van der Waals surface area contributed by atoms with Crippen LogP contribution in [0, 0.1) is 5.82 Å². The highest BCUT2D eigenvalue weighted by atomic mass is 79.9. The van der Waals surface area contributed by atoms with E-state index in [0.717, 1.165) is 10.7 Å². The van der Waals surface area contributed by atoms with Crippen molar-refractivity contribution in [2.45, 2.75) is 11.4 Å². The molecule has 0 aromatic heterocycles. The molecule has 0 aliphatic rings. The van der Waals surface area contributed by atoms with E-state index in [0.29, 0.717) is 22.8 Å². The lowest BCUT2D eigenvalue weighted by atomic mass is 10.2. The van der Waals surface area contributed by atoms with Gasteiger partial charge in [0.25, 0.3) is 0 Å². The van der Waals surface area contributed by atoms with Crippen LogP contribution >= 0.6 is 27.5 Å². The molecular weight excluding hydrogens is 381 g/mol. The predicted molar refractivity (Wildman–Crippen MR) is 86.0 cm³/mol. The van der Waals surface area contributed by atoms with Gasteiger partial charge in [-0.2, -0.15) is 0 Å². The molecule has 0 saturated heterocycles. The van der Waals surface area contributed by atoms with E-state index in [1.807, 2.05) is 0 Å². The van der Waals surface area contributed by atoms with Crippen molar-refractivity contribution in [1.29, 1.82) is 0 Å². The SMILES string of the molecule is CS(=O)(=O)c1ccc(Cl)c(NCc2cc(F)ccc2Br)c1. The molecule has 0 fully saturated rings. The van der Waals surface area contributed by atoms with Crippen molar-refractivity contribution in [3.8, 4) is 0 Å². The summed E-state index contributed by atoms with van der Waals surface area (Å²) in [6.07, 6.45) is 1.13. The number of benzene rings is 2. The van der Waals surface area contributed by atoms with Gasteiger partial charge in [-0.25, -0.2) is 12.8 Å². The van der Waals surface area contributed by atoms with E-state index in [9.17, 15) is 12.8 Å². The van der Waals surface area contributed by atoms with Gasteiger partial charge in [-0.05, 0) is 42.0 Å². The number of sulfone groups is 1. The maximum atomic E-state index is 13.2. The smallest absolute Gasteiger partial charge is 0.175 e. The highest BCUT2D eigenvalue weighted by Crippen LogP contribution is 2.27. The molecule has 0 amide bonds. The third-order valence-corrected chi connectivity index (χ3v) is 5.06. The lowest BCUT2D eigenvalue weighted by Crippen LogP contribution is -2.03. The summed E-state index contributed by atoms with van der Waals surface area (Å²) in [6.45, 7) is 0.311. The van der Waals surface area contributed by atoms with Crippen LogP contribution in [0.1, 0.15) is 5.56 Å². The molecule has 0 radical (unpaired) electrons. The molecule has 0 spiro atoms. The largest absolute Gasteiger partial charge is 0.380 e. The molecule has 2 rings (SSSR count). The van der Waals surface area contributed by atoms with Crippen molar-refractivity contribution in [3.05, 3.63) is 57.3 Å². The first kappa shape index (κ1) is 16.3. The van der Waals surface area contributed by atoms with Gasteiger partial charge in [0, 0.05) is 17.3 Å². The van der Waals surface area contributed by atoms with E-state index in [2.05, 4.69) is 21.2 Å². The molecule has 0 aliphatic heterocycles. The van der Waals surface area contributed by atoms with Gasteiger partial charge in [0.2, 0.25) is 0 Å². The van der Waals surface area contributed by atoms with Gasteiger partial charge in [-0.15, -0.1) is 0 Å². The Hall–Kier alpha value is -1.11. The van der Waals surface area contributed by atoms with E-state index < -0.39 is 9.84 Å². The average molecular weight is 393 g/mol. The third kappa shape index (κ3) is 4.18. The summed E-state index contributed by atoms with van der Waals surface area (Å²) in [7, 11) is -3.31. The van der Waals surface area contributed by atoms with Crippen molar-refractivity contribution >= 4 is 43.1 Å². The molecule has 0 saturated carbocycles. The maximum absolute atomic E-state index is 13.2. The first-order chi connectivity index (χ1) is 9.77. The second kappa shape index (κ2) is 6.34. The fourth-order valence-corrected chi connectivity index (χ4v) is 2.96. The minimum absolute atomic E-state index is 0.174. The zero-order valence-electron chi connectivity index (χ0n) is 11.0. The average Bonchev–Trinajstić information content (AvgIpc) is 2.40. The van der Waals surface area contributed by atoms with Crippen LogP contribution in [0.3, 0.4) is 0 Å². The number of nitrogens with one attached hydrogen (secondary N) is 1. The van der Waals surface area contributed by atoms with Crippen LogP contribution in [-0.2, 0) is 16.4 Å². The molecule has 7 heteroatoms. The molecule has 2 aromatic carbocycles. The Morgan fingerprint density at radius 3 is 2.62 bits per heavy atom. The number of anilines is 1. The third-order valence-electron chi connectivity index (χ3n) is 2.84. The van der Waals surface area contributed by atoms with E-state index >= 15 is 0 Å². The van der Waals surface area contributed by atoms with Crippen LogP contribution in [0.15, 0.2) is 45.8 Å². The highest BCUT2D eigenvalue weighted by Gasteiger charge is 2.10. The predicted octanol–water partition coefficient (Wildman–Crippen LogP) is 4.26. The van der Waals surface area contributed by atoms with Crippen LogP contribution in [-0.4, -0.2) is 14.7 Å². The highest BCUT2D eigenvalue weighted by molar-refractivity contribution is 9.10. The second-order valence-electron chi connectivity index (χ2n) is 4.50. The summed E-state index contributed by atoms with van der Waals surface area (Å²) < 4.78 is 37.1.